The molecule has 142 valence electrons. The van der Waals surface area contributed by atoms with Crippen LogP contribution in [0.3, 0.4) is 0 Å². The SMILES string of the molecule is O=C1NCC2(CN(C(=O)c3cnc4c(c3)ncn4CCc3ccccc3)C2)N1. The average Bonchev–Trinajstić information content (AvgIpc) is 3.28. The van der Waals surface area contributed by atoms with Gasteiger partial charge in [0.1, 0.15) is 5.52 Å². The molecule has 8 nitrogen and oxygen atoms in total. The van der Waals surface area contributed by atoms with Crippen LogP contribution >= 0.6 is 0 Å². The highest BCUT2D eigenvalue weighted by atomic mass is 16.2. The van der Waals surface area contributed by atoms with Crippen molar-refractivity contribution in [3.63, 3.8) is 0 Å². The first-order valence-electron chi connectivity index (χ1n) is 9.32. The van der Waals surface area contributed by atoms with Gasteiger partial charge >= 0.3 is 6.03 Å². The molecule has 3 amide bonds. The Morgan fingerprint density at radius 2 is 2.00 bits per heavy atom. The third-order valence-corrected chi connectivity index (χ3v) is 5.43. The summed E-state index contributed by atoms with van der Waals surface area (Å²) in [6, 6.07) is 11.9. The molecule has 2 aliphatic heterocycles. The standard InChI is InChI=1S/C20H20N6O2/c27-18(26-11-20(12-26)10-22-19(28)24-20)15-8-16-17(21-9-15)25(13-23-16)7-6-14-4-2-1-3-5-14/h1-5,8-9,13H,6-7,10-12H2,(H2,22,24,28). The molecule has 2 aliphatic rings. The maximum atomic E-state index is 12.7. The molecule has 5 rings (SSSR count). The van der Waals surface area contributed by atoms with Gasteiger partial charge in [-0.1, -0.05) is 30.3 Å². The van der Waals surface area contributed by atoms with E-state index in [1.165, 1.54) is 5.56 Å². The van der Waals surface area contributed by atoms with Crippen LogP contribution in [-0.2, 0) is 13.0 Å². The normalized spacial score (nSPS) is 17.4. The molecule has 2 N–H and O–H groups in total. The summed E-state index contributed by atoms with van der Waals surface area (Å²) in [6.45, 7) is 2.35. The van der Waals surface area contributed by atoms with Crippen LogP contribution in [-0.4, -0.2) is 56.5 Å². The van der Waals surface area contributed by atoms with Gasteiger partial charge in [-0.2, -0.15) is 0 Å². The second kappa shape index (κ2) is 6.33. The van der Waals surface area contributed by atoms with E-state index in [1.54, 1.807) is 23.5 Å². The van der Waals surface area contributed by atoms with Crippen LogP contribution in [0.1, 0.15) is 15.9 Å². The fourth-order valence-corrected chi connectivity index (χ4v) is 3.90. The van der Waals surface area contributed by atoms with Crippen molar-refractivity contribution in [2.24, 2.45) is 0 Å². The molecule has 1 aromatic carbocycles. The van der Waals surface area contributed by atoms with Crippen LogP contribution in [0.2, 0.25) is 0 Å². The van der Waals surface area contributed by atoms with Gasteiger partial charge in [-0.05, 0) is 18.1 Å². The minimum atomic E-state index is -0.316. The molecule has 0 unspecified atom stereocenters. The lowest BCUT2D eigenvalue weighted by molar-refractivity contribution is 0.0397. The number of nitrogens with one attached hydrogen (secondary N) is 2. The van der Waals surface area contributed by atoms with E-state index in [0.717, 1.165) is 18.6 Å². The molecule has 3 aromatic rings. The lowest BCUT2D eigenvalue weighted by Crippen LogP contribution is -2.70. The number of carbonyl (C=O) groups is 2. The van der Waals surface area contributed by atoms with Crippen molar-refractivity contribution in [1.82, 2.24) is 30.1 Å². The second-order valence-electron chi connectivity index (χ2n) is 7.49. The van der Waals surface area contributed by atoms with Gasteiger partial charge in [-0.3, -0.25) is 4.79 Å². The van der Waals surface area contributed by atoms with Crippen molar-refractivity contribution in [1.29, 1.82) is 0 Å². The van der Waals surface area contributed by atoms with Crippen LogP contribution in [0.4, 0.5) is 4.79 Å². The van der Waals surface area contributed by atoms with Gasteiger partial charge < -0.3 is 20.1 Å². The van der Waals surface area contributed by atoms with E-state index >= 15 is 0 Å². The zero-order chi connectivity index (χ0) is 19.1. The van der Waals surface area contributed by atoms with Crippen LogP contribution in [0, 0.1) is 0 Å². The summed E-state index contributed by atoms with van der Waals surface area (Å²) in [4.78, 5) is 34.7. The zero-order valence-corrected chi connectivity index (χ0v) is 15.3. The molecular weight excluding hydrogens is 356 g/mol. The van der Waals surface area contributed by atoms with E-state index < -0.39 is 0 Å². The summed E-state index contributed by atoms with van der Waals surface area (Å²) in [5.41, 5.74) is 2.96. The molecule has 0 saturated carbocycles. The van der Waals surface area contributed by atoms with Crippen LogP contribution in [0.15, 0.2) is 48.9 Å². The first-order valence-corrected chi connectivity index (χ1v) is 9.32. The Kier molecular flexibility index (Phi) is 3.78. The quantitative estimate of drug-likeness (QED) is 0.715. The van der Waals surface area contributed by atoms with E-state index in [9.17, 15) is 9.59 Å². The number of pyridine rings is 1. The first kappa shape index (κ1) is 16.7. The van der Waals surface area contributed by atoms with Gasteiger partial charge in [0.2, 0.25) is 0 Å². The molecule has 28 heavy (non-hydrogen) atoms. The number of hydrogen-bond donors (Lipinski definition) is 2. The minimum Gasteiger partial charge on any atom is -0.336 e. The Morgan fingerprint density at radius 1 is 1.18 bits per heavy atom. The minimum absolute atomic E-state index is 0.0833. The Morgan fingerprint density at radius 3 is 2.75 bits per heavy atom. The van der Waals surface area contributed by atoms with E-state index in [-0.39, 0.29) is 17.5 Å². The lowest BCUT2D eigenvalue weighted by Gasteiger charge is -2.46. The van der Waals surface area contributed by atoms with Crippen molar-refractivity contribution >= 4 is 23.1 Å². The number of imidazole rings is 1. The van der Waals surface area contributed by atoms with Gasteiger partial charge in [0.05, 0.1) is 17.4 Å². The predicted octanol–water partition coefficient (Wildman–Crippen LogP) is 1.18. The highest BCUT2D eigenvalue weighted by molar-refractivity contribution is 5.97. The fourth-order valence-electron chi connectivity index (χ4n) is 3.90. The number of amides is 3. The Labute approximate surface area is 161 Å². The number of likely N-dealkylation sites (tertiary alicyclic amines) is 1. The van der Waals surface area contributed by atoms with E-state index in [2.05, 4.69) is 32.7 Å². The number of hydrogen-bond acceptors (Lipinski definition) is 4. The largest absolute Gasteiger partial charge is 0.336 e. The molecule has 2 aromatic heterocycles. The van der Waals surface area contributed by atoms with Crippen LogP contribution in [0.5, 0.6) is 0 Å². The number of aromatic nitrogens is 3. The molecule has 0 radical (unpaired) electrons. The Hall–Kier alpha value is -3.42. The van der Waals surface area contributed by atoms with Gasteiger partial charge in [-0.25, -0.2) is 14.8 Å². The molecule has 0 bridgehead atoms. The summed E-state index contributed by atoms with van der Waals surface area (Å²) < 4.78 is 2.01. The van der Waals surface area contributed by atoms with Gasteiger partial charge in [-0.15, -0.1) is 0 Å². The number of benzene rings is 1. The molecule has 8 heteroatoms. The number of nitrogens with zero attached hydrogens (tertiary/aromatic N) is 4. The van der Waals surface area contributed by atoms with Crippen LogP contribution < -0.4 is 10.6 Å². The smallest absolute Gasteiger partial charge is 0.315 e. The van der Waals surface area contributed by atoms with E-state index in [1.807, 2.05) is 22.8 Å². The highest BCUT2D eigenvalue weighted by Gasteiger charge is 2.49. The first-order chi connectivity index (χ1) is 13.6. The van der Waals surface area contributed by atoms with Crippen molar-refractivity contribution in [3.05, 3.63) is 60.0 Å². The molecule has 2 fully saturated rings. The summed E-state index contributed by atoms with van der Waals surface area (Å²) in [7, 11) is 0. The molecule has 4 heterocycles. The van der Waals surface area contributed by atoms with Crippen molar-refractivity contribution in [2.75, 3.05) is 19.6 Å². The number of carbonyl (C=O) groups excluding carboxylic acids is 2. The van der Waals surface area contributed by atoms with Gasteiger partial charge in [0.15, 0.2) is 5.65 Å². The number of urea groups is 1. The van der Waals surface area contributed by atoms with Crippen molar-refractivity contribution in [3.8, 4) is 0 Å². The Balaban J connectivity index is 1.28. The molecule has 0 atom stereocenters. The zero-order valence-electron chi connectivity index (χ0n) is 15.3. The molecule has 0 aliphatic carbocycles. The fraction of sp³-hybridized carbons (Fsp3) is 0.300. The summed E-state index contributed by atoms with van der Waals surface area (Å²) in [6.07, 6.45) is 4.28. The number of rotatable bonds is 4. The van der Waals surface area contributed by atoms with Gasteiger partial charge in [0.25, 0.3) is 5.91 Å². The summed E-state index contributed by atoms with van der Waals surface area (Å²) in [5, 5.41) is 5.64. The predicted molar refractivity (Wildman–Crippen MR) is 103 cm³/mol. The van der Waals surface area contributed by atoms with Crippen molar-refractivity contribution < 1.29 is 9.59 Å². The summed E-state index contributed by atoms with van der Waals surface area (Å²) >= 11 is 0. The number of aryl methyl sites for hydroxylation is 2. The third kappa shape index (κ3) is 2.87. The monoisotopic (exact) mass is 376 g/mol. The van der Waals surface area contributed by atoms with E-state index in [4.69, 9.17) is 0 Å². The highest BCUT2D eigenvalue weighted by Crippen LogP contribution is 2.25. The maximum Gasteiger partial charge on any atom is 0.315 e. The molecule has 1 spiro atoms. The maximum absolute atomic E-state index is 12.7. The Bertz CT molecular complexity index is 1060. The second-order valence-corrected chi connectivity index (χ2v) is 7.49. The van der Waals surface area contributed by atoms with Crippen LogP contribution in [0.25, 0.3) is 11.2 Å². The molecule has 2 saturated heterocycles. The summed E-state index contributed by atoms with van der Waals surface area (Å²) in [5.74, 6) is -0.0833. The van der Waals surface area contributed by atoms with Crippen molar-refractivity contribution in [2.45, 2.75) is 18.5 Å². The average molecular weight is 376 g/mol. The third-order valence-electron chi connectivity index (χ3n) is 5.43. The van der Waals surface area contributed by atoms with E-state index in [0.29, 0.717) is 30.7 Å². The lowest BCUT2D eigenvalue weighted by atomic mass is 9.90. The molecular formula is C20H20N6O2. The topological polar surface area (TPSA) is 92.2 Å². The van der Waals surface area contributed by atoms with Gasteiger partial charge in [0, 0.05) is 32.4 Å². The number of fused-ring (bicyclic) bond motifs is 1.